The number of nitrogens with zero attached hydrogens (tertiary/aromatic N) is 3. The van der Waals surface area contributed by atoms with Crippen molar-refractivity contribution in [3.63, 3.8) is 0 Å². The van der Waals surface area contributed by atoms with Gasteiger partial charge in [-0.1, -0.05) is 0 Å². The largest absolute Gasteiger partial charge is 0.569 e. The van der Waals surface area contributed by atoms with Crippen molar-refractivity contribution in [3.05, 3.63) is 5.21 Å². The molecule has 0 aromatic carbocycles. The van der Waals surface area contributed by atoms with Gasteiger partial charge in [-0.05, 0) is 20.0 Å². The minimum absolute atomic E-state index is 0.148. The van der Waals surface area contributed by atoms with Crippen molar-refractivity contribution in [3.8, 4) is 0 Å². The summed E-state index contributed by atoms with van der Waals surface area (Å²) in [6.45, 7) is 1.40. The number of rotatable bonds is 5. The molecule has 0 aliphatic carbocycles. The van der Waals surface area contributed by atoms with Crippen molar-refractivity contribution < 1.29 is 10.2 Å². The highest BCUT2D eigenvalue weighted by Gasteiger charge is 2.03. The molecule has 2 N–H and O–H groups in total. The predicted octanol–water partition coefficient (Wildman–Crippen LogP) is -0.206. The van der Waals surface area contributed by atoms with Gasteiger partial charge in [-0.15, -0.1) is 5.01 Å². The van der Waals surface area contributed by atoms with Crippen molar-refractivity contribution in [1.82, 2.24) is 10.3 Å². The van der Waals surface area contributed by atoms with Gasteiger partial charge in [0.15, 0.2) is 0 Å². The first-order chi connectivity index (χ1) is 5.22. The van der Waals surface area contributed by atoms with Crippen LogP contribution < -0.4 is 5.32 Å². The van der Waals surface area contributed by atoms with Crippen LogP contribution in [0.5, 0.6) is 0 Å². The van der Waals surface area contributed by atoms with Gasteiger partial charge in [0, 0.05) is 0 Å². The van der Waals surface area contributed by atoms with E-state index >= 15 is 0 Å². The molecule has 0 aliphatic heterocycles. The SMILES string of the molecule is CNCCCN(C)/[N+]([O-])=N\O. The van der Waals surface area contributed by atoms with Crippen LogP contribution in [0.3, 0.4) is 0 Å². The monoisotopic (exact) mass is 162 g/mol. The lowest BCUT2D eigenvalue weighted by Gasteiger charge is -2.11. The normalized spacial score (nSPS) is 11.6. The number of hydrazine groups is 1. The van der Waals surface area contributed by atoms with Crippen LogP contribution in [0.15, 0.2) is 5.28 Å². The summed E-state index contributed by atoms with van der Waals surface area (Å²) in [6.07, 6.45) is 0.835. The van der Waals surface area contributed by atoms with Gasteiger partial charge in [-0.25, -0.2) is 0 Å². The molecule has 0 aliphatic rings. The van der Waals surface area contributed by atoms with E-state index in [4.69, 9.17) is 5.21 Å². The Morgan fingerprint density at radius 3 is 2.82 bits per heavy atom. The number of hydrogen-bond acceptors (Lipinski definition) is 3. The molecule has 66 valence electrons. The lowest BCUT2D eigenvalue weighted by atomic mass is 10.4. The summed E-state index contributed by atoms with van der Waals surface area (Å²) in [7, 11) is 3.40. The van der Waals surface area contributed by atoms with E-state index in [1.165, 1.54) is 5.01 Å². The van der Waals surface area contributed by atoms with Crippen LogP contribution in [0, 0.1) is 5.21 Å². The Morgan fingerprint density at radius 1 is 1.73 bits per heavy atom. The molecule has 0 unspecified atom stereocenters. The van der Waals surface area contributed by atoms with Gasteiger partial charge in [0.2, 0.25) is 5.28 Å². The Balaban J connectivity index is 3.44. The molecular formula is C5H14N4O2. The minimum atomic E-state index is 0.148. The molecule has 0 fully saturated rings. The molecule has 0 atom stereocenters. The second kappa shape index (κ2) is 5.72. The summed E-state index contributed by atoms with van der Waals surface area (Å²) < 4.78 is 0. The van der Waals surface area contributed by atoms with Gasteiger partial charge in [-0.2, -0.15) is 0 Å². The van der Waals surface area contributed by atoms with Gasteiger partial charge in [0.1, 0.15) is 0 Å². The first-order valence-corrected chi connectivity index (χ1v) is 3.40. The molecule has 0 radical (unpaired) electrons. The highest BCUT2D eigenvalue weighted by Crippen LogP contribution is 1.86. The molecule has 0 rings (SSSR count). The molecule has 0 saturated carbocycles. The van der Waals surface area contributed by atoms with E-state index in [9.17, 15) is 5.21 Å². The average molecular weight is 162 g/mol. The smallest absolute Gasteiger partial charge is 0.230 e. The Kier molecular flexibility index (Phi) is 5.18. The topological polar surface area (TPSA) is 73.9 Å². The molecule has 6 nitrogen and oxygen atoms in total. The second-order valence-corrected chi connectivity index (χ2v) is 2.18. The van der Waals surface area contributed by atoms with Crippen molar-refractivity contribution >= 4 is 0 Å². The molecule has 6 heteroatoms. The van der Waals surface area contributed by atoms with E-state index in [-0.39, 0.29) is 4.97 Å². The first kappa shape index (κ1) is 9.96. The third-order valence-electron chi connectivity index (χ3n) is 1.28. The van der Waals surface area contributed by atoms with E-state index in [0.29, 0.717) is 6.54 Å². The zero-order valence-corrected chi connectivity index (χ0v) is 6.82. The Bertz CT molecular complexity index is 128. The second-order valence-electron chi connectivity index (χ2n) is 2.18. The summed E-state index contributed by atoms with van der Waals surface area (Å²) in [4.78, 5) is 0.148. The highest BCUT2D eigenvalue weighted by molar-refractivity contribution is 4.42. The minimum Gasteiger partial charge on any atom is -0.569 e. The fourth-order valence-corrected chi connectivity index (χ4v) is 0.638. The Hall–Kier alpha value is -1.04. The Labute approximate surface area is 65.6 Å². The molecule has 0 bridgehead atoms. The maximum Gasteiger partial charge on any atom is 0.230 e. The zero-order valence-electron chi connectivity index (χ0n) is 6.82. The van der Waals surface area contributed by atoms with Crippen molar-refractivity contribution in [1.29, 1.82) is 0 Å². The molecule has 0 heterocycles. The van der Waals surface area contributed by atoms with Gasteiger partial charge in [0.05, 0.1) is 18.6 Å². The molecule has 11 heavy (non-hydrogen) atoms. The van der Waals surface area contributed by atoms with Crippen molar-refractivity contribution in [2.75, 3.05) is 27.2 Å². The lowest BCUT2D eigenvalue weighted by molar-refractivity contribution is -0.704. The van der Waals surface area contributed by atoms with Crippen LogP contribution in [0.25, 0.3) is 0 Å². The van der Waals surface area contributed by atoms with Crippen LogP contribution in [0.1, 0.15) is 6.42 Å². The van der Waals surface area contributed by atoms with Crippen LogP contribution in [-0.4, -0.2) is 42.4 Å². The van der Waals surface area contributed by atoms with Crippen molar-refractivity contribution in [2.24, 2.45) is 5.28 Å². The summed E-state index contributed by atoms with van der Waals surface area (Å²) in [6, 6.07) is 0. The van der Waals surface area contributed by atoms with E-state index < -0.39 is 0 Å². The zero-order chi connectivity index (χ0) is 8.69. The summed E-state index contributed by atoms with van der Waals surface area (Å²) >= 11 is 0. The van der Waals surface area contributed by atoms with Crippen LogP contribution >= 0.6 is 0 Å². The van der Waals surface area contributed by atoms with Crippen molar-refractivity contribution in [2.45, 2.75) is 6.42 Å². The van der Waals surface area contributed by atoms with Gasteiger partial charge >= 0.3 is 0 Å². The fraction of sp³-hybridized carbons (Fsp3) is 1.00. The van der Waals surface area contributed by atoms with Gasteiger partial charge in [0.25, 0.3) is 0 Å². The summed E-state index contributed by atoms with van der Waals surface area (Å²) in [5.41, 5.74) is 0. The third-order valence-corrected chi connectivity index (χ3v) is 1.28. The third kappa shape index (κ3) is 4.38. The fourth-order valence-electron chi connectivity index (χ4n) is 0.638. The van der Waals surface area contributed by atoms with E-state index in [1.807, 2.05) is 7.05 Å². The molecular weight excluding hydrogens is 148 g/mol. The molecule has 0 amide bonds. The summed E-state index contributed by atoms with van der Waals surface area (Å²) in [5.74, 6) is 0. The average Bonchev–Trinajstić information content (AvgIpc) is 2.03. The van der Waals surface area contributed by atoms with E-state index in [1.54, 1.807) is 7.05 Å². The lowest BCUT2D eigenvalue weighted by Crippen LogP contribution is -2.28. The Morgan fingerprint density at radius 2 is 2.36 bits per heavy atom. The standard InChI is InChI=1S/C5H14N4O2/c1-6-4-3-5-8(2)9(11)7-10/h6,10H,3-5H2,1-2H3/b9-7+. The quantitative estimate of drug-likeness (QED) is 0.254. The first-order valence-electron chi connectivity index (χ1n) is 3.40. The number of nitrogens with one attached hydrogen (secondary N) is 1. The number of hydrogen-bond donors (Lipinski definition) is 2. The predicted molar refractivity (Wildman–Crippen MR) is 39.0 cm³/mol. The van der Waals surface area contributed by atoms with Crippen LogP contribution in [-0.2, 0) is 0 Å². The van der Waals surface area contributed by atoms with Crippen LogP contribution in [0.2, 0.25) is 0 Å². The molecule has 0 saturated heterocycles. The van der Waals surface area contributed by atoms with Gasteiger partial charge in [-0.3, -0.25) is 0 Å². The molecule has 0 aromatic rings. The maximum absolute atomic E-state index is 10.5. The summed E-state index contributed by atoms with van der Waals surface area (Å²) in [5, 5.41) is 25.2. The molecule has 0 aromatic heterocycles. The van der Waals surface area contributed by atoms with Gasteiger partial charge < -0.3 is 15.7 Å². The van der Waals surface area contributed by atoms with E-state index in [2.05, 4.69) is 10.6 Å². The van der Waals surface area contributed by atoms with E-state index in [0.717, 1.165) is 13.0 Å². The maximum atomic E-state index is 10.5. The molecule has 0 spiro atoms. The van der Waals surface area contributed by atoms with Crippen LogP contribution in [0.4, 0.5) is 0 Å². The highest BCUT2D eigenvalue weighted by atomic mass is 16.6.